The molecule has 7 heteroatoms. The summed E-state index contributed by atoms with van der Waals surface area (Å²) in [5.74, 6) is 1.72. The van der Waals surface area contributed by atoms with E-state index >= 15 is 0 Å². The molecule has 2 heterocycles. The van der Waals surface area contributed by atoms with E-state index < -0.39 is 12.0 Å². The lowest BCUT2D eigenvalue weighted by Crippen LogP contribution is -2.49. The molecular weight excluding hydrogens is 382 g/mol. The highest BCUT2D eigenvalue weighted by Gasteiger charge is 2.30. The molecule has 2 atom stereocenters. The number of nitrogens with one attached hydrogen (secondary N) is 2. The minimum Gasteiger partial charge on any atom is -0.464 e. The molecule has 0 unspecified atom stereocenters. The maximum absolute atomic E-state index is 12.7. The van der Waals surface area contributed by atoms with Gasteiger partial charge in [-0.25, -0.2) is 4.79 Å². The number of hydrogen-bond donors (Lipinski definition) is 2. The first-order valence-corrected chi connectivity index (χ1v) is 11.1. The maximum atomic E-state index is 12.7. The number of piperidine rings is 2. The van der Waals surface area contributed by atoms with Crippen LogP contribution in [0.1, 0.15) is 51.9 Å². The van der Waals surface area contributed by atoms with Crippen molar-refractivity contribution >= 4 is 17.8 Å². The number of ether oxygens (including phenoxy) is 1. The van der Waals surface area contributed by atoms with Gasteiger partial charge in [0, 0.05) is 19.5 Å². The van der Waals surface area contributed by atoms with Gasteiger partial charge >= 0.3 is 5.97 Å². The summed E-state index contributed by atoms with van der Waals surface area (Å²) < 4.78 is 5.21. The third-order valence-electron chi connectivity index (χ3n) is 5.66. The summed E-state index contributed by atoms with van der Waals surface area (Å²) in [7, 11) is 0. The van der Waals surface area contributed by atoms with Gasteiger partial charge in [-0.1, -0.05) is 19.4 Å². The Morgan fingerprint density at radius 2 is 2.07 bits per heavy atom. The number of esters is 1. The fourth-order valence-electron chi connectivity index (χ4n) is 3.77. The van der Waals surface area contributed by atoms with Crippen molar-refractivity contribution in [3.05, 3.63) is 12.2 Å². The van der Waals surface area contributed by atoms with Crippen molar-refractivity contribution in [1.29, 1.82) is 0 Å². The van der Waals surface area contributed by atoms with Crippen LogP contribution in [0.25, 0.3) is 0 Å². The quantitative estimate of drug-likeness (QED) is 0.258. The Balaban J connectivity index is 1.87. The normalized spacial score (nSPS) is 21.1. The van der Waals surface area contributed by atoms with E-state index in [0.29, 0.717) is 32.0 Å². The highest BCUT2D eigenvalue weighted by molar-refractivity contribution is 5.89. The third-order valence-corrected chi connectivity index (χ3v) is 5.66. The number of rotatable bonds is 9. The Hall–Kier alpha value is -2.33. The van der Waals surface area contributed by atoms with E-state index in [9.17, 15) is 14.4 Å². The molecule has 2 amide bonds. The summed E-state index contributed by atoms with van der Waals surface area (Å²) in [4.78, 5) is 39.3. The minimum absolute atomic E-state index is 0.0508. The van der Waals surface area contributed by atoms with E-state index in [1.165, 1.54) is 0 Å². The Labute approximate surface area is 180 Å². The van der Waals surface area contributed by atoms with Crippen LogP contribution in [0.15, 0.2) is 12.2 Å². The third kappa shape index (κ3) is 7.83. The lowest BCUT2D eigenvalue weighted by Gasteiger charge is -2.32. The van der Waals surface area contributed by atoms with Crippen LogP contribution in [0, 0.1) is 24.2 Å². The number of carbonyl (C=O) groups excluding carboxylic acids is 3. The van der Waals surface area contributed by atoms with Gasteiger partial charge < -0.3 is 20.3 Å². The number of unbranched alkanes of at least 4 members (excludes halogenated alkanes) is 1. The molecule has 0 spiro atoms. The van der Waals surface area contributed by atoms with Crippen molar-refractivity contribution in [2.75, 3.05) is 32.8 Å². The highest BCUT2D eigenvalue weighted by atomic mass is 16.5. The second-order valence-electron chi connectivity index (χ2n) is 8.06. The van der Waals surface area contributed by atoms with Crippen LogP contribution in [-0.4, -0.2) is 61.5 Å². The number of terminal acetylenes is 1. The largest absolute Gasteiger partial charge is 0.464 e. The summed E-state index contributed by atoms with van der Waals surface area (Å²) in [5.41, 5.74) is 0. The molecule has 0 aromatic rings. The number of nitrogens with zero attached hydrogens (tertiary/aromatic N) is 1. The van der Waals surface area contributed by atoms with Crippen LogP contribution in [0.2, 0.25) is 0 Å². The van der Waals surface area contributed by atoms with Crippen molar-refractivity contribution in [2.24, 2.45) is 11.8 Å². The van der Waals surface area contributed by atoms with E-state index in [0.717, 1.165) is 45.2 Å². The molecule has 166 valence electrons. The minimum atomic E-state index is -0.842. The van der Waals surface area contributed by atoms with Crippen molar-refractivity contribution < 1.29 is 19.1 Å². The summed E-state index contributed by atoms with van der Waals surface area (Å²) in [6, 6.07) is -0.842. The molecular formula is C23H35N3O4. The standard InChI is InChI=1S/C23H35N3O4/c1-3-5-16-30-23(29)20(7-4-2)25-22(28)19-8-6-15-26(17-19)21(27)10-9-18-11-13-24-14-12-18/h2,9-10,18-20,24H,3,5-8,11-17H2,1H3,(H,25,28)/b10-9+/t19-,20+/m1/s1. The second-order valence-corrected chi connectivity index (χ2v) is 8.06. The first-order valence-electron chi connectivity index (χ1n) is 11.1. The Morgan fingerprint density at radius 3 is 2.77 bits per heavy atom. The van der Waals surface area contributed by atoms with Crippen LogP contribution in [0.5, 0.6) is 0 Å². The first-order chi connectivity index (χ1) is 14.5. The first kappa shape index (κ1) is 23.9. The van der Waals surface area contributed by atoms with Crippen LogP contribution in [0.4, 0.5) is 0 Å². The molecule has 0 saturated carbocycles. The molecule has 2 N–H and O–H groups in total. The molecule has 2 saturated heterocycles. The van der Waals surface area contributed by atoms with Gasteiger partial charge in [0.05, 0.1) is 12.5 Å². The molecule has 0 aromatic heterocycles. The van der Waals surface area contributed by atoms with Gasteiger partial charge in [0.1, 0.15) is 6.04 Å². The molecule has 0 bridgehead atoms. The Morgan fingerprint density at radius 1 is 1.30 bits per heavy atom. The molecule has 2 fully saturated rings. The molecule has 0 aliphatic carbocycles. The van der Waals surface area contributed by atoms with Crippen LogP contribution in [-0.2, 0) is 19.1 Å². The summed E-state index contributed by atoms with van der Waals surface area (Å²) >= 11 is 0. The number of hydrogen-bond acceptors (Lipinski definition) is 5. The number of likely N-dealkylation sites (tertiary alicyclic amines) is 1. The summed E-state index contributed by atoms with van der Waals surface area (Å²) in [6.07, 6.45) is 14.3. The smallest absolute Gasteiger partial charge is 0.329 e. The van der Waals surface area contributed by atoms with Gasteiger partial charge in [-0.2, -0.15) is 0 Å². The average Bonchev–Trinajstić information content (AvgIpc) is 2.78. The SMILES string of the molecule is C#CC[C@H](NC(=O)[C@@H]1CCCN(C(=O)/C=C/C2CCNCC2)C1)C(=O)OCCCC. The highest BCUT2D eigenvalue weighted by Crippen LogP contribution is 2.19. The predicted molar refractivity (Wildman–Crippen MR) is 115 cm³/mol. The Kier molecular flexibility index (Phi) is 10.4. The van der Waals surface area contributed by atoms with Gasteiger partial charge in [0.2, 0.25) is 11.8 Å². The molecule has 2 rings (SSSR count). The van der Waals surface area contributed by atoms with Crippen LogP contribution >= 0.6 is 0 Å². The van der Waals surface area contributed by atoms with E-state index in [2.05, 4.69) is 16.6 Å². The van der Waals surface area contributed by atoms with Crippen molar-refractivity contribution in [1.82, 2.24) is 15.5 Å². The lowest BCUT2D eigenvalue weighted by molar-refractivity contribution is -0.148. The van der Waals surface area contributed by atoms with Crippen LogP contribution < -0.4 is 10.6 Å². The fraction of sp³-hybridized carbons (Fsp3) is 0.696. The van der Waals surface area contributed by atoms with Gasteiger partial charge in [0.15, 0.2) is 0 Å². The van der Waals surface area contributed by atoms with Gasteiger partial charge in [-0.15, -0.1) is 12.3 Å². The lowest BCUT2D eigenvalue weighted by atomic mass is 9.95. The fourth-order valence-corrected chi connectivity index (χ4v) is 3.77. The molecule has 30 heavy (non-hydrogen) atoms. The topological polar surface area (TPSA) is 87.7 Å². The zero-order chi connectivity index (χ0) is 21.8. The van der Waals surface area contributed by atoms with Crippen molar-refractivity contribution in [2.45, 2.75) is 57.9 Å². The molecule has 2 aliphatic rings. The Bertz CT molecular complexity index is 649. The van der Waals surface area contributed by atoms with Crippen molar-refractivity contribution in [3.63, 3.8) is 0 Å². The van der Waals surface area contributed by atoms with E-state index in [4.69, 9.17) is 11.2 Å². The molecule has 0 radical (unpaired) electrons. The molecule has 2 aliphatic heterocycles. The number of allylic oxidation sites excluding steroid dienone is 1. The average molecular weight is 418 g/mol. The van der Waals surface area contributed by atoms with Gasteiger partial charge in [0.25, 0.3) is 0 Å². The number of carbonyl (C=O) groups is 3. The summed E-state index contributed by atoms with van der Waals surface area (Å²) in [6.45, 7) is 5.29. The van der Waals surface area contributed by atoms with E-state index in [1.54, 1.807) is 11.0 Å². The van der Waals surface area contributed by atoms with E-state index in [1.807, 2.05) is 13.0 Å². The van der Waals surface area contributed by atoms with Crippen molar-refractivity contribution in [3.8, 4) is 12.3 Å². The number of amides is 2. The second kappa shape index (κ2) is 13.1. The van der Waals surface area contributed by atoms with E-state index in [-0.39, 0.29) is 24.2 Å². The zero-order valence-corrected chi connectivity index (χ0v) is 18.0. The monoisotopic (exact) mass is 417 g/mol. The zero-order valence-electron chi connectivity index (χ0n) is 18.0. The molecule has 0 aromatic carbocycles. The maximum Gasteiger partial charge on any atom is 0.329 e. The van der Waals surface area contributed by atoms with Crippen LogP contribution in [0.3, 0.4) is 0 Å². The van der Waals surface area contributed by atoms with Gasteiger partial charge in [-0.05, 0) is 57.2 Å². The summed E-state index contributed by atoms with van der Waals surface area (Å²) in [5, 5.41) is 6.05. The predicted octanol–water partition coefficient (Wildman–Crippen LogP) is 1.63. The molecule has 7 nitrogen and oxygen atoms in total. The van der Waals surface area contributed by atoms with Gasteiger partial charge in [-0.3, -0.25) is 9.59 Å².